The van der Waals surface area contributed by atoms with E-state index >= 15 is 0 Å². The lowest BCUT2D eigenvalue weighted by molar-refractivity contribution is 0.0602. The third-order valence-corrected chi connectivity index (χ3v) is 3.09. The number of nitrogen functional groups attached to an aromatic ring is 1. The van der Waals surface area contributed by atoms with Crippen LogP contribution in [0.1, 0.15) is 29.6 Å². The van der Waals surface area contributed by atoms with Crippen LogP contribution in [0.25, 0.3) is 0 Å². The van der Waals surface area contributed by atoms with E-state index < -0.39 is 11.8 Å². The summed E-state index contributed by atoms with van der Waals surface area (Å²) < 4.78 is 18.5. The molecule has 1 aromatic rings. The van der Waals surface area contributed by atoms with Crippen molar-refractivity contribution in [3.05, 3.63) is 23.5 Å². The summed E-state index contributed by atoms with van der Waals surface area (Å²) in [5.41, 5.74) is 6.15. The number of anilines is 2. The van der Waals surface area contributed by atoms with E-state index in [9.17, 15) is 9.18 Å². The number of halogens is 1. The zero-order valence-corrected chi connectivity index (χ0v) is 11.9. The fraction of sp³-hybridized carbons (Fsp3) is 0.500. The number of nitrogens with zero attached hydrogens (tertiary/aromatic N) is 1. The molecule has 0 aliphatic heterocycles. The summed E-state index contributed by atoms with van der Waals surface area (Å²) >= 11 is 0. The Labute approximate surface area is 118 Å². The van der Waals surface area contributed by atoms with Crippen LogP contribution in [0.15, 0.2) is 12.1 Å². The molecule has 0 fully saturated rings. The SMILES string of the molecule is COC(=O)c1cc(N(C)CCCCCO)c(F)cc1N. The highest BCUT2D eigenvalue weighted by atomic mass is 19.1. The Kier molecular flexibility index (Phi) is 6.24. The van der Waals surface area contributed by atoms with Gasteiger partial charge in [0.25, 0.3) is 0 Å². The summed E-state index contributed by atoms with van der Waals surface area (Å²) in [5, 5.41) is 8.71. The van der Waals surface area contributed by atoms with E-state index in [1.165, 1.54) is 13.2 Å². The highest BCUT2D eigenvalue weighted by Gasteiger charge is 2.16. The number of aliphatic hydroxyl groups excluding tert-OH is 1. The average molecular weight is 284 g/mol. The molecule has 0 radical (unpaired) electrons. The molecule has 0 unspecified atom stereocenters. The molecular weight excluding hydrogens is 263 g/mol. The van der Waals surface area contributed by atoms with E-state index in [0.717, 1.165) is 25.3 Å². The van der Waals surface area contributed by atoms with Gasteiger partial charge in [-0.15, -0.1) is 0 Å². The zero-order chi connectivity index (χ0) is 15.1. The number of aliphatic hydroxyl groups is 1. The van der Waals surface area contributed by atoms with E-state index in [2.05, 4.69) is 4.74 Å². The molecule has 0 atom stereocenters. The predicted octanol–water partition coefficient (Wildman–Crippen LogP) is 1.79. The first-order valence-corrected chi connectivity index (χ1v) is 6.50. The minimum atomic E-state index is -0.586. The molecule has 3 N–H and O–H groups in total. The number of rotatable bonds is 7. The summed E-state index contributed by atoms with van der Waals surface area (Å²) in [6.45, 7) is 0.786. The second-order valence-electron chi connectivity index (χ2n) is 4.59. The normalized spacial score (nSPS) is 10.4. The van der Waals surface area contributed by atoms with Crippen LogP contribution in [0.2, 0.25) is 0 Å². The summed E-state index contributed by atoms with van der Waals surface area (Å²) in [6.07, 6.45) is 2.42. The minimum Gasteiger partial charge on any atom is -0.465 e. The lowest BCUT2D eigenvalue weighted by Crippen LogP contribution is -2.21. The van der Waals surface area contributed by atoms with Gasteiger partial charge in [0.2, 0.25) is 0 Å². The summed E-state index contributed by atoms with van der Waals surface area (Å²) in [4.78, 5) is 13.3. The molecule has 1 aromatic carbocycles. The Bertz CT molecular complexity index is 466. The van der Waals surface area contributed by atoms with Crippen molar-refractivity contribution in [2.45, 2.75) is 19.3 Å². The van der Waals surface area contributed by atoms with E-state index in [-0.39, 0.29) is 17.9 Å². The Morgan fingerprint density at radius 2 is 2.10 bits per heavy atom. The number of esters is 1. The number of hydrogen-bond acceptors (Lipinski definition) is 5. The number of nitrogens with two attached hydrogens (primary N) is 1. The molecule has 0 saturated heterocycles. The number of unbranched alkanes of at least 4 members (excludes halogenated alkanes) is 2. The van der Waals surface area contributed by atoms with Crippen LogP contribution in [-0.2, 0) is 4.74 Å². The fourth-order valence-corrected chi connectivity index (χ4v) is 1.91. The Morgan fingerprint density at radius 3 is 2.70 bits per heavy atom. The zero-order valence-electron chi connectivity index (χ0n) is 11.9. The van der Waals surface area contributed by atoms with Crippen molar-refractivity contribution >= 4 is 17.3 Å². The monoisotopic (exact) mass is 284 g/mol. The predicted molar refractivity (Wildman–Crippen MR) is 76.4 cm³/mol. The van der Waals surface area contributed by atoms with Crippen LogP contribution in [0.4, 0.5) is 15.8 Å². The van der Waals surface area contributed by atoms with E-state index in [0.29, 0.717) is 12.2 Å². The first-order chi connectivity index (χ1) is 9.51. The minimum absolute atomic E-state index is 0.0618. The lowest BCUT2D eigenvalue weighted by Gasteiger charge is -2.21. The molecule has 112 valence electrons. The van der Waals surface area contributed by atoms with Crippen molar-refractivity contribution < 1.29 is 19.0 Å². The van der Waals surface area contributed by atoms with Gasteiger partial charge in [0.15, 0.2) is 0 Å². The van der Waals surface area contributed by atoms with Gasteiger partial charge >= 0.3 is 5.97 Å². The van der Waals surface area contributed by atoms with Crippen LogP contribution >= 0.6 is 0 Å². The quantitative estimate of drug-likeness (QED) is 0.453. The summed E-state index contributed by atoms with van der Waals surface area (Å²) in [7, 11) is 3.00. The number of carbonyl (C=O) groups excluding carboxylic acids is 1. The summed E-state index contributed by atoms with van der Waals surface area (Å²) in [6, 6.07) is 2.54. The van der Waals surface area contributed by atoms with Gasteiger partial charge in [0.05, 0.1) is 18.4 Å². The molecule has 0 heterocycles. The topological polar surface area (TPSA) is 75.8 Å². The maximum absolute atomic E-state index is 13.9. The third-order valence-electron chi connectivity index (χ3n) is 3.09. The fourth-order valence-electron chi connectivity index (χ4n) is 1.91. The molecule has 1 rings (SSSR count). The highest BCUT2D eigenvalue weighted by molar-refractivity contribution is 5.96. The van der Waals surface area contributed by atoms with Crippen molar-refractivity contribution in [3.63, 3.8) is 0 Å². The first-order valence-electron chi connectivity index (χ1n) is 6.50. The van der Waals surface area contributed by atoms with Gasteiger partial charge in [-0.25, -0.2) is 9.18 Å². The van der Waals surface area contributed by atoms with Gasteiger partial charge in [-0.1, -0.05) is 0 Å². The van der Waals surface area contributed by atoms with Crippen molar-refractivity contribution in [1.82, 2.24) is 0 Å². The molecule has 0 aromatic heterocycles. The van der Waals surface area contributed by atoms with Crippen LogP contribution in [-0.4, -0.2) is 38.4 Å². The second-order valence-corrected chi connectivity index (χ2v) is 4.59. The third kappa shape index (κ3) is 4.09. The van der Waals surface area contributed by atoms with Crippen molar-refractivity contribution in [2.24, 2.45) is 0 Å². The van der Waals surface area contributed by atoms with Crippen molar-refractivity contribution in [3.8, 4) is 0 Å². The molecule has 20 heavy (non-hydrogen) atoms. The molecule has 6 heteroatoms. The lowest BCUT2D eigenvalue weighted by atomic mass is 10.1. The highest BCUT2D eigenvalue weighted by Crippen LogP contribution is 2.25. The number of methoxy groups -OCH3 is 1. The van der Waals surface area contributed by atoms with Crippen LogP contribution in [0.3, 0.4) is 0 Å². The molecule has 0 amide bonds. The van der Waals surface area contributed by atoms with E-state index in [1.807, 2.05) is 0 Å². The van der Waals surface area contributed by atoms with Crippen LogP contribution in [0.5, 0.6) is 0 Å². The van der Waals surface area contributed by atoms with E-state index in [4.69, 9.17) is 10.8 Å². The van der Waals surface area contributed by atoms with Gasteiger partial charge in [-0.3, -0.25) is 0 Å². The van der Waals surface area contributed by atoms with Gasteiger partial charge in [0, 0.05) is 25.9 Å². The smallest absolute Gasteiger partial charge is 0.340 e. The van der Waals surface area contributed by atoms with Crippen LogP contribution < -0.4 is 10.6 Å². The maximum Gasteiger partial charge on any atom is 0.340 e. The van der Waals surface area contributed by atoms with Crippen LogP contribution in [0, 0.1) is 5.82 Å². The largest absolute Gasteiger partial charge is 0.465 e. The Morgan fingerprint density at radius 1 is 1.40 bits per heavy atom. The first kappa shape index (κ1) is 16.2. The van der Waals surface area contributed by atoms with Crippen molar-refractivity contribution in [2.75, 3.05) is 37.9 Å². The van der Waals surface area contributed by atoms with Gasteiger partial charge in [0.1, 0.15) is 5.82 Å². The number of ether oxygens (including phenoxy) is 1. The molecule has 0 spiro atoms. The van der Waals surface area contributed by atoms with E-state index in [1.54, 1.807) is 11.9 Å². The second kappa shape index (κ2) is 7.69. The van der Waals surface area contributed by atoms with Gasteiger partial charge in [-0.2, -0.15) is 0 Å². The van der Waals surface area contributed by atoms with Gasteiger partial charge < -0.3 is 20.5 Å². The summed E-state index contributed by atoms with van der Waals surface area (Å²) in [5.74, 6) is -1.06. The average Bonchev–Trinajstić information content (AvgIpc) is 2.42. The number of benzene rings is 1. The number of hydrogen-bond donors (Lipinski definition) is 2. The molecular formula is C14H21FN2O3. The van der Waals surface area contributed by atoms with Crippen molar-refractivity contribution in [1.29, 1.82) is 0 Å². The molecule has 5 nitrogen and oxygen atoms in total. The molecule has 0 aliphatic carbocycles. The number of carbonyl (C=O) groups is 1. The molecule has 0 bridgehead atoms. The van der Waals surface area contributed by atoms with Gasteiger partial charge in [-0.05, 0) is 31.4 Å². The standard InChI is InChI=1S/C14H21FN2O3/c1-17(6-4-3-5-7-18)13-8-10(14(19)20-2)12(16)9-11(13)15/h8-9,18H,3-7,16H2,1-2H3. The molecule has 0 saturated carbocycles. The Balaban J connectivity index is 2.85. The molecule has 0 aliphatic rings. The maximum atomic E-state index is 13.9. The Hall–Kier alpha value is -1.82.